The van der Waals surface area contributed by atoms with E-state index in [4.69, 9.17) is 9.47 Å². The summed E-state index contributed by atoms with van der Waals surface area (Å²) in [4.78, 5) is 77.7. The number of hydrogen-bond acceptors (Lipinski definition) is 8. The lowest BCUT2D eigenvalue weighted by Crippen LogP contribution is -2.26. The largest absolute Gasteiger partial charge is 0.465 e. The SMILES string of the molecule is COC(=O)c1c(C(=O)Nc2ccccc2)c(C)n(NC(=O)CCCCC(=O)Nn2c(C)c(C(=O)Nc3ccccc3)c(C(=O)OC)c2C)c1C. The molecule has 0 saturated carbocycles. The van der Waals surface area contributed by atoms with E-state index in [9.17, 15) is 28.8 Å². The van der Waals surface area contributed by atoms with Crippen molar-refractivity contribution < 1.29 is 38.2 Å². The van der Waals surface area contributed by atoms with E-state index in [0.717, 1.165) is 0 Å². The smallest absolute Gasteiger partial charge is 0.340 e. The minimum Gasteiger partial charge on any atom is -0.465 e. The number of nitrogens with one attached hydrogen (secondary N) is 4. The third kappa shape index (κ3) is 8.09. The molecule has 0 aliphatic carbocycles. The van der Waals surface area contributed by atoms with E-state index in [1.54, 1.807) is 88.4 Å². The van der Waals surface area contributed by atoms with Crippen molar-refractivity contribution in [1.82, 2.24) is 9.35 Å². The molecule has 4 aromatic rings. The predicted octanol–water partition coefficient (Wildman–Crippen LogP) is 5.00. The zero-order valence-corrected chi connectivity index (χ0v) is 28.8. The van der Waals surface area contributed by atoms with Gasteiger partial charge in [0.05, 0.1) is 59.2 Å². The first-order valence-corrected chi connectivity index (χ1v) is 15.8. The number of aromatic nitrogens is 2. The molecule has 0 aliphatic rings. The molecular weight excluding hydrogens is 644 g/mol. The molecule has 0 unspecified atom stereocenters. The Hall–Kier alpha value is -6.18. The van der Waals surface area contributed by atoms with Crippen LogP contribution in [0.25, 0.3) is 0 Å². The van der Waals surface area contributed by atoms with Crippen LogP contribution in [0.5, 0.6) is 0 Å². The first kappa shape index (κ1) is 36.7. The van der Waals surface area contributed by atoms with Crippen LogP contribution in [0.3, 0.4) is 0 Å². The van der Waals surface area contributed by atoms with Gasteiger partial charge in [-0.05, 0) is 64.8 Å². The zero-order chi connectivity index (χ0) is 36.5. The molecule has 0 radical (unpaired) electrons. The molecule has 0 spiro atoms. The van der Waals surface area contributed by atoms with Gasteiger partial charge in [0.1, 0.15) is 0 Å². The maximum Gasteiger partial charge on any atom is 0.340 e. The summed E-state index contributed by atoms with van der Waals surface area (Å²) in [5.41, 5.74) is 8.06. The van der Waals surface area contributed by atoms with Crippen LogP contribution in [-0.2, 0) is 19.1 Å². The minimum atomic E-state index is -0.723. The number of rotatable bonds is 13. The number of anilines is 2. The number of carbonyl (C=O) groups excluding carboxylic acids is 6. The Morgan fingerprint density at radius 2 is 0.840 bits per heavy atom. The number of methoxy groups -OCH3 is 2. The number of nitrogens with zero attached hydrogens (tertiary/aromatic N) is 2. The van der Waals surface area contributed by atoms with Gasteiger partial charge in [0, 0.05) is 24.2 Å². The molecular formula is C36H40N6O8. The Bertz CT molecular complexity index is 1790. The second-order valence-electron chi connectivity index (χ2n) is 11.4. The third-order valence-corrected chi connectivity index (χ3v) is 8.12. The monoisotopic (exact) mass is 684 g/mol. The van der Waals surface area contributed by atoms with Gasteiger partial charge in [-0.1, -0.05) is 36.4 Å². The normalized spacial score (nSPS) is 10.6. The molecule has 0 fully saturated rings. The van der Waals surface area contributed by atoms with Gasteiger partial charge in [0.2, 0.25) is 11.8 Å². The summed E-state index contributed by atoms with van der Waals surface area (Å²) in [5.74, 6) is -3.31. The van der Waals surface area contributed by atoms with E-state index in [1.165, 1.54) is 23.6 Å². The number of unbranched alkanes of at least 4 members (excludes halogenated alkanes) is 1. The van der Waals surface area contributed by atoms with Crippen LogP contribution in [0.1, 0.15) is 89.9 Å². The summed E-state index contributed by atoms with van der Waals surface area (Å²) in [7, 11) is 2.42. The fourth-order valence-electron chi connectivity index (χ4n) is 5.63. The second kappa shape index (κ2) is 16.3. The van der Waals surface area contributed by atoms with E-state index >= 15 is 0 Å². The molecule has 4 rings (SSSR count). The van der Waals surface area contributed by atoms with Crippen LogP contribution in [0, 0.1) is 27.7 Å². The van der Waals surface area contributed by atoms with E-state index in [0.29, 0.717) is 47.0 Å². The highest BCUT2D eigenvalue weighted by atomic mass is 16.5. The summed E-state index contributed by atoms with van der Waals surface area (Å²) in [6.45, 7) is 6.41. The molecule has 4 amide bonds. The summed E-state index contributed by atoms with van der Waals surface area (Å²) in [6.07, 6.45) is 0.764. The van der Waals surface area contributed by atoms with Crippen molar-refractivity contribution in [3.63, 3.8) is 0 Å². The molecule has 0 atom stereocenters. The van der Waals surface area contributed by atoms with Gasteiger partial charge in [-0.2, -0.15) is 0 Å². The van der Waals surface area contributed by atoms with E-state index in [-0.39, 0.29) is 35.1 Å². The van der Waals surface area contributed by atoms with Crippen LogP contribution < -0.4 is 21.5 Å². The zero-order valence-electron chi connectivity index (χ0n) is 28.8. The number of amides is 4. The van der Waals surface area contributed by atoms with Crippen molar-refractivity contribution in [2.75, 3.05) is 35.7 Å². The molecule has 2 heterocycles. The van der Waals surface area contributed by atoms with Crippen LogP contribution >= 0.6 is 0 Å². The van der Waals surface area contributed by atoms with Crippen molar-refractivity contribution in [2.24, 2.45) is 0 Å². The first-order valence-electron chi connectivity index (χ1n) is 15.8. The van der Waals surface area contributed by atoms with E-state index in [2.05, 4.69) is 21.5 Å². The number of esters is 2. The van der Waals surface area contributed by atoms with Crippen molar-refractivity contribution in [3.05, 3.63) is 106 Å². The molecule has 262 valence electrons. The lowest BCUT2D eigenvalue weighted by molar-refractivity contribution is -0.119. The van der Waals surface area contributed by atoms with Crippen LogP contribution in [0.15, 0.2) is 60.7 Å². The Kier molecular flexibility index (Phi) is 11.9. The van der Waals surface area contributed by atoms with E-state index in [1.807, 2.05) is 0 Å². The number of hydrogen-bond donors (Lipinski definition) is 4. The average Bonchev–Trinajstić information content (AvgIpc) is 3.50. The predicted molar refractivity (Wildman–Crippen MR) is 186 cm³/mol. The lowest BCUT2D eigenvalue weighted by atomic mass is 10.1. The van der Waals surface area contributed by atoms with E-state index < -0.39 is 35.6 Å². The highest BCUT2D eigenvalue weighted by Gasteiger charge is 2.30. The minimum absolute atomic E-state index is 0.0297. The summed E-state index contributed by atoms with van der Waals surface area (Å²) in [6, 6.07) is 17.5. The Labute approximate surface area is 289 Å². The number of benzene rings is 2. The molecule has 14 nitrogen and oxygen atoms in total. The Morgan fingerprint density at radius 3 is 1.16 bits per heavy atom. The highest BCUT2D eigenvalue weighted by molar-refractivity contribution is 6.13. The maximum atomic E-state index is 13.2. The van der Waals surface area contributed by atoms with Crippen LogP contribution in [-0.4, -0.2) is 59.1 Å². The van der Waals surface area contributed by atoms with Crippen molar-refractivity contribution >= 4 is 46.9 Å². The van der Waals surface area contributed by atoms with Gasteiger partial charge in [-0.15, -0.1) is 0 Å². The van der Waals surface area contributed by atoms with Crippen molar-refractivity contribution in [3.8, 4) is 0 Å². The van der Waals surface area contributed by atoms with Gasteiger partial charge in [-0.3, -0.25) is 39.4 Å². The first-order chi connectivity index (χ1) is 23.9. The fraction of sp³-hybridized carbons (Fsp3) is 0.278. The van der Waals surface area contributed by atoms with Gasteiger partial charge in [0.25, 0.3) is 11.8 Å². The van der Waals surface area contributed by atoms with Gasteiger partial charge in [0.15, 0.2) is 0 Å². The van der Waals surface area contributed by atoms with Crippen LogP contribution in [0.4, 0.5) is 11.4 Å². The van der Waals surface area contributed by atoms with Gasteiger partial charge < -0.3 is 20.1 Å². The van der Waals surface area contributed by atoms with Gasteiger partial charge in [-0.25, -0.2) is 9.59 Å². The highest BCUT2D eigenvalue weighted by Crippen LogP contribution is 2.26. The molecule has 50 heavy (non-hydrogen) atoms. The molecule has 0 bridgehead atoms. The number of carbonyl (C=O) groups is 6. The quantitative estimate of drug-likeness (QED) is 0.112. The average molecular weight is 685 g/mol. The topological polar surface area (TPSA) is 179 Å². The number of ether oxygens (including phenoxy) is 2. The molecule has 0 aliphatic heterocycles. The Morgan fingerprint density at radius 1 is 0.520 bits per heavy atom. The van der Waals surface area contributed by atoms with Crippen LogP contribution in [0.2, 0.25) is 0 Å². The fourth-order valence-corrected chi connectivity index (χ4v) is 5.63. The molecule has 14 heteroatoms. The standard InChI is InChI=1S/C36H40N6O8/c1-21-29(33(45)37-25-15-9-7-10-16-25)31(35(47)49-5)23(3)41(21)39-27(43)19-13-14-20-28(44)40-42-22(2)30(32(24(42)4)36(48)50-6)34(46)38-26-17-11-8-12-18-26/h7-12,15-18H,13-14,19-20H2,1-6H3,(H,37,45)(H,38,46)(H,39,43)(H,40,44). The number of para-hydroxylation sites is 2. The maximum absolute atomic E-state index is 13.2. The Balaban J connectivity index is 1.39. The molecule has 2 aromatic carbocycles. The summed E-state index contributed by atoms with van der Waals surface area (Å²) in [5, 5.41) is 5.52. The summed E-state index contributed by atoms with van der Waals surface area (Å²) < 4.78 is 12.6. The van der Waals surface area contributed by atoms with Gasteiger partial charge >= 0.3 is 11.9 Å². The second-order valence-corrected chi connectivity index (χ2v) is 11.4. The molecule has 0 saturated heterocycles. The van der Waals surface area contributed by atoms with Crippen molar-refractivity contribution in [2.45, 2.75) is 53.4 Å². The third-order valence-electron chi connectivity index (χ3n) is 8.12. The summed E-state index contributed by atoms with van der Waals surface area (Å²) >= 11 is 0. The molecule has 2 aromatic heterocycles. The van der Waals surface area contributed by atoms with Crippen molar-refractivity contribution in [1.29, 1.82) is 0 Å². The molecule has 4 N–H and O–H groups in total. The lowest BCUT2D eigenvalue weighted by Gasteiger charge is -2.13.